The highest BCUT2D eigenvalue weighted by Crippen LogP contribution is 2.25. The third-order valence-electron chi connectivity index (χ3n) is 3.85. The predicted octanol–water partition coefficient (Wildman–Crippen LogP) is 4.81. The molecule has 0 N–H and O–H groups in total. The maximum absolute atomic E-state index is 12.6. The molecule has 5 heteroatoms. The maximum Gasteiger partial charge on any atom is 0.410 e. The van der Waals surface area contributed by atoms with Crippen LogP contribution >= 0.6 is 15.9 Å². The van der Waals surface area contributed by atoms with Gasteiger partial charge in [-0.15, -0.1) is 0 Å². The number of rotatable bonds is 3. The molecule has 1 atom stereocenters. The van der Waals surface area contributed by atoms with Gasteiger partial charge in [-0.3, -0.25) is 4.79 Å². The molecule has 4 nitrogen and oxygen atoms in total. The van der Waals surface area contributed by atoms with E-state index >= 15 is 0 Å². The van der Waals surface area contributed by atoms with Crippen LogP contribution in [0.4, 0.5) is 4.79 Å². The predicted molar refractivity (Wildman–Crippen MR) is 93.7 cm³/mol. The molecule has 0 aliphatic carbocycles. The lowest BCUT2D eigenvalue weighted by Crippen LogP contribution is -2.46. The Labute approximate surface area is 146 Å². The summed E-state index contributed by atoms with van der Waals surface area (Å²) in [6, 6.07) is 7.32. The number of amides is 1. The van der Waals surface area contributed by atoms with Crippen LogP contribution in [0.2, 0.25) is 0 Å². The largest absolute Gasteiger partial charge is 0.444 e. The van der Waals surface area contributed by atoms with Crippen molar-refractivity contribution in [3.05, 3.63) is 34.3 Å². The van der Waals surface area contributed by atoms with Crippen LogP contribution in [0.1, 0.15) is 56.8 Å². The Bertz CT molecular complexity index is 580. The lowest BCUT2D eigenvalue weighted by atomic mass is 9.95. The van der Waals surface area contributed by atoms with E-state index in [0.717, 1.165) is 23.7 Å². The van der Waals surface area contributed by atoms with E-state index in [2.05, 4.69) is 15.9 Å². The van der Waals surface area contributed by atoms with Crippen LogP contribution in [0.25, 0.3) is 0 Å². The topological polar surface area (TPSA) is 46.6 Å². The number of piperidine rings is 1. The van der Waals surface area contributed by atoms with Gasteiger partial charge >= 0.3 is 6.09 Å². The zero-order chi connectivity index (χ0) is 17.0. The number of nitrogens with zero attached hydrogens (tertiary/aromatic N) is 1. The molecule has 1 amide bonds. The van der Waals surface area contributed by atoms with Crippen molar-refractivity contribution in [2.75, 3.05) is 6.54 Å². The van der Waals surface area contributed by atoms with Gasteiger partial charge in [0.05, 0.1) is 0 Å². The van der Waals surface area contributed by atoms with Gasteiger partial charge < -0.3 is 9.64 Å². The number of hydrogen-bond donors (Lipinski definition) is 0. The molecule has 0 radical (unpaired) electrons. The van der Waals surface area contributed by atoms with Crippen LogP contribution in [-0.2, 0) is 4.74 Å². The van der Waals surface area contributed by atoms with Crippen LogP contribution in [0.5, 0.6) is 0 Å². The number of ether oxygens (including phenoxy) is 1. The van der Waals surface area contributed by atoms with Crippen molar-refractivity contribution in [2.45, 2.75) is 58.1 Å². The van der Waals surface area contributed by atoms with E-state index in [9.17, 15) is 9.59 Å². The second-order valence-corrected chi connectivity index (χ2v) is 7.78. The summed E-state index contributed by atoms with van der Waals surface area (Å²) in [5, 5.41) is 0. The molecule has 1 aromatic carbocycles. The van der Waals surface area contributed by atoms with E-state index in [0.29, 0.717) is 18.5 Å². The van der Waals surface area contributed by atoms with Crippen molar-refractivity contribution in [3.8, 4) is 0 Å². The highest BCUT2D eigenvalue weighted by molar-refractivity contribution is 9.10. The third-order valence-corrected chi connectivity index (χ3v) is 4.54. The van der Waals surface area contributed by atoms with E-state index in [1.54, 1.807) is 4.90 Å². The standard InChI is InChI=1S/C18H24BrNO3/c1-18(2,3)23-17(22)20-11-7-6-8-13(20)12-16(21)14-9-4-5-10-15(14)19/h4-5,9-10,13H,6-8,11-12H2,1-3H3. The van der Waals surface area contributed by atoms with Gasteiger partial charge in [0.25, 0.3) is 0 Å². The van der Waals surface area contributed by atoms with E-state index in [1.807, 2.05) is 45.0 Å². The van der Waals surface area contributed by atoms with E-state index in [1.165, 1.54) is 0 Å². The van der Waals surface area contributed by atoms with Gasteiger partial charge in [0, 0.05) is 29.0 Å². The maximum atomic E-state index is 12.6. The Kier molecular flexibility index (Phi) is 5.84. The molecule has 2 rings (SSSR count). The van der Waals surface area contributed by atoms with Gasteiger partial charge in [-0.2, -0.15) is 0 Å². The number of carbonyl (C=O) groups is 2. The molecule has 1 aliphatic rings. The Hall–Kier alpha value is -1.36. The van der Waals surface area contributed by atoms with Crippen molar-refractivity contribution in [1.29, 1.82) is 0 Å². The first-order valence-electron chi connectivity index (χ1n) is 8.05. The number of hydrogen-bond acceptors (Lipinski definition) is 3. The normalized spacial score (nSPS) is 18.6. The fourth-order valence-electron chi connectivity index (χ4n) is 2.78. The number of carbonyl (C=O) groups excluding carboxylic acids is 2. The molecular weight excluding hydrogens is 358 g/mol. The fourth-order valence-corrected chi connectivity index (χ4v) is 3.29. The monoisotopic (exact) mass is 381 g/mol. The number of ketones is 1. The lowest BCUT2D eigenvalue weighted by molar-refractivity contribution is 0.00946. The molecule has 1 fully saturated rings. The zero-order valence-electron chi connectivity index (χ0n) is 14.0. The van der Waals surface area contributed by atoms with Gasteiger partial charge in [0.2, 0.25) is 0 Å². The summed E-state index contributed by atoms with van der Waals surface area (Å²) in [5.74, 6) is 0.0536. The van der Waals surface area contributed by atoms with Gasteiger partial charge in [0.1, 0.15) is 5.60 Å². The molecule has 126 valence electrons. The SMILES string of the molecule is CC(C)(C)OC(=O)N1CCCCC1CC(=O)c1ccccc1Br. The highest BCUT2D eigenvalue weighted by Gasteiger charge is 2.32. The van der Waals surface area contributed by atoms with Gasteiger partial charge in [0.15, 0.2) is 5.78 Å². The van der Waals surface area contributed by atoms with E-state index < -0.39 is 5.60 Å². The molecule has 0 saturated carbocycles. The summed E-state index contributed by atoms with van der Waals surface area (Å²) in [5.41, 5.74) is 0.146. The van der Waals surface area contributed by atoms with E-state index in [4.69, 9.17) is 4.74 Å². The summed E-state index contributed by atoms with van der Waals surface area (Å²) in [4.78, 5) is 26.7. The fraction of sp³-hybridized carbons (Fsp3) is 0.556. The minimum atomic E-state index is -0.522. The van der Waals surface area contributed by atoms with Crippen LogP contribution in [0.15, 0.2) is 28.7 Å². The molecule has 0 aromatic heterocycles. The molecule has 0 spiro atoms. The van der Waals surface area contributed by atoms with Gasteiger partial charge in [-0.1, -0.05) is 34.1 Å². The van der Waals surface area contributed by atoms with Crippen LogP contribution < -0.4 is 0 Å². The molecule has 1 aromatic rings. The van der Waals surface area contributed by atoms with Crippen LogP contribution in [-0.4, -0.2) is 35.0 Å². The summed E-state index contributed by atoms with van der Waals surface area (Å²) < 4.78 is 6.28. The molecule has 1 heterocycles. The minimum absolute atomic E-state index is 0.0536. The highest BCUT2D eigenvalue weighted by atomic mass is 79.9. The molecule has 1 aliphatic heterocycles. The van der Waals surface area contributed by atoms with Crippen LogP contribution in [0, 0.1) is 0 Å². The third kappa shape index (κ3) is 5.06. The summed E-state index contributed by atoms with van der Waals surface area (Å²) in [6.07, 6.45) is 2.85. The summed E-state index contributed by atoms with van der Waals surface area (Å²) in [6.45, 7) is 6.23. The number of halogens is 1. The zero-order valence-corrected chi connectivity index (χ0v) is 15.6. The Balaban J connectivity index is 2.08. The average molecular weight is 382 g/mol. The minimum Gasteiger partial charge on any atom is -0.444 e. The molecule has 1 saturated heterocycles. The first-order valence-corrected chi connectivity index (χ1v) is 8.84. The second kappa shape index (κ2) is 7.47. The number of Topliss-reactive ketones (excluding diaryl/α,β-unsaturated/α-hetero) is 1. The first-order chi connectivity index (χ1) is 10.8. The molecule has 0 bridgehead atoms. The van der Waals surface area contributed by atoms with Crippen molar-refractivity contribution < 1.29 is 14.3 Å². The molecule has 23 heavy (non-hydrogen) atoms. The van der Waals surface area contributed by atoms with E-state index in [-0.39, 0.29) is 17.9 Å². The summed E-state index contributed by atoms with van der Waals surface area (Å²) >= 11 is 3.42. The lowest BCUT2D eigenvalue weighted by Gasteiger charge is -2.36. The van der Waals surface area contributed by atoms with Crippen molar-refractivity contribution in [2.24, 2.45) is 0 Å². The number of likely N-dealkylation sites (tertiary alicyclic amines) is 1. The van der Waals surface area contributed by atoms with Crippen molar-refractivity contribution >= 4 is 27.8 Å². The quantitative estimate of drug-likeness (QED) is 0.705. The Morgan fingerprint density at radius 3 is 2.61 bits per heavy atom. The molecular formula is C18H24BrNO3. The molecule has 1 unspecified atom stereocenters. The van der Waals surface area contributed by atoms with Crippen molar-refractivity contribution in [3.63, 3.8) is 0 Å². The first kappa shape index (κ1) is 18.0. The van der Waals surface area contributed by atoms with Crippen LogP contribution in [0.3, 0.4) is 0 Å². The Morgan fingerprint density at radius 2 is 1.96 bits per heavy atom. The van der Waals surface area contributed by atoms with Gasteiger partial charge in [-0.25, -0.2) is 4.79 Å². The Morgan fingerprint density at radius 1 is 1.26 bits per heavy atom. The second-order valence-electron chi connectivity index (χ2n) is 6.93. The van der Waals surface area contributed by atoms with Gasteiger partial charge in [-0.05, 0) is 46.1 Å². The smallest absolute Gasteiger partial charge is 0.410 e. The number of benzene rings is 1. The summed E-state index contributed by atoms with van der Waals surface area (Å²) in [7, 11) is 0. The van der Waals surface area contributed by atoms with Crippen molar-refractivity contribution in [1.82, 2.24) is 4.90 Å². The average Bonchev–Trinajstić information content (AvgIpc) is 2.46.